The Hall–Kier alpha value is -0.880. The van der Waals surface area contributed by atoms with Crippen molar-refractivity contribution in [1.82, 2.24) is 9.55 Å². The summed E-state index contributed by atoms with van der Waals surface area (Å²) in [6, 6.07) is 0. The molecule has 1 aromatic rings. The van der Waals surface area contributed by atoms with Crippen molar-refractivity contribution in [3.05, 3.63) is 31.5 Å². The first-order valence-corrected chi connectivity index (χ1v) is 6.00. The van der Waals surface area contributed by atoms with Gasteiger partial charge >= 0.3 is 5.69 Å². The summed E-state index contributed by atoms with van der Waals surface area (Å²) in [5.74, 6) is 0. The molecule has 6 heteroatoms. The summed E-state index contributed by atoms with van der Waals surface area (Å²) < 4.78 is 7.45. The smallest absolute Gasteiger partial charge is 0.328 e. The number of halogens is 1. The molecule has 2 rings (SSSR count). The van der Waals surface area contributed by atoms with E-state index in [9.17, 15) is 9.59 Å². The van der Waals surface area contributed by atoms with Crippen LogP contribution in [0.1, 0.15) is 19.8 Å². The van der Waals surface area contributed by atoms with Crippen LogP contribution in [0, 0.1) is 0 Å². The molecule has 88 valence electrons. The SMILES string of the molecule is CC1CCC(Cn2cc(Br)c(=O)[nH]c2=O)O1. The third kappa shape index (κ3) is 2.44. The van der Waals surface area contributed by atoms with E-state index in [1.807, 2.05) is 6.92 Å². The van der Waals surface area contributed by atoms with Crippen molar-refractivity contribution in [1.29, 1.82) is 0 Å². The van der Waals surface area contributed by atoms with E-state index in [4.69, 9.17) is 4.74 Å². The normalized spacial score (nSPS) is 24.9. The molecule has 1 saturated heterocycles. The van der Waals surface area contributed by atoms with Gasteiger partial charge in [-0.3, -0.25) is 14.3 Å². The Kier molecular flexibility index (Phi) is 3.30. The van der Waals surface area contributed by atoms with E-state index in [-0.39, 0.29) is 12.2 Å². The summed E-state index contributed by atoms with van der Waals surface area (Å²) >= 11 is 3.10. The maximum Gasteiger partial charge on any atom is 0.328 e. The van der Waals surface area contributed by atoms with Crippen LogP contribution in [-0.2, 0) is 11.3 Å². The van der Waals surface area contributed by atoms with Crippen LogP contribution in [0.4, 0.5) is 0 Å². The summed E-state index contributed by atoms with van der Waals surface area (Å²) in [6.07, 6.45) is 3.79. The van der Waals surface area contributed by atoms with Crippen LogP contribution in [0.5, 0.6) is 0 Å². The molecule has 0 aromatic carbocycles. The van der Waals surface area contributed by atoms with Gasteiger partial charge in [0.15, 0.2) is 0 Å². The van der Waals surface area contributed by atoms with Crippen LogP contribution in [0.3, 0.4) is 0 Å². The molecule has 0 radical (unpaired) electrons. The zero-order chi connectivity index (χ0) is 11.7. The minimum absolute atomic E-state index is 0.0607. The lowest BCUT2D eigenvalue weighted by atomic mass is 10.2. The highest BCUT2D eigenvalue weighted by Crippen LogP contribution is 2.19. The standard InChI is InChI=1S/C10H13BrN2O3/c1-6-2-3-7(16-6)4-13-5-8(11)9(14)12-10(13)15/h5-7H,2-4H2,1H3,(H,12,14,15). The Morgan fingerprint density at radius 2 is 2.31 bits per heavy atom. The van der Waals surface area contributed by atoms with Gasteiger partial charge in [0.1, 0.15) is 0 Å². The molecular formula is C10H13BrN2O3. The number of hydrogen-bond donors (Lipinski definition) is 1. The van der Waals surface area contributed by atoms with Crippen molar-refractivity contribution in [2.75, 3.05) is 0 Å². The fraction of sp³-hybridized carbons (Fsp3) is 0.600. The lowest BCUT2D eigenvalue weighted by molar-refractivity contribution is 0.0449. The predicted octanol–water partition coefficient (Wildman–Crippen LogP) is 0.867. The summed E-state index contributed by atoms with van der Waals surface area (Å²) in [6.45, 7) is 2.50. The fourth-order valence-electron chi connectivity index (χ4n) is 1.86. The van der Waals surface area contributed by atoms with Gasteiger partial charge < -0.3 is 4.74 Å². The van der Waals surface area contributed by atoms with Gasteiger partial charge in [-0.05, 0) is 35.7 Å². The zero-order valence-corrected chi connectivity index (χ0v) is 10.5. The van der Waals surface area contributed by atoms with Crippen molar-refractivity contribution >= 4 is 15.9 Å². The molecule has 2 atom stereocenters. The van der Waals surface area contributed by atoms with Crippen LogP contribution in [0.2, 0.25) is 0 Å². The van der Waals surface area contributed by atoms with E-state index in [1.165, 1.54) is 10.8 Å². The number of ether oxygens (including phenoxy) is 1. The highest BCUT2D eigenvalue weighted by molar-refractivity contribution is 9.10. The molecule has 2 heterocycles. The first kappa shape index (κ1) is 11.6. The quantitative estimate of drug-likeness (QED) is 0.878. The van der Waals surface area contributed by atoms with Gasteiger partial charge in [-0.15, -0.1) is 0 Å². The summed E-state index contributed by atoms with van der Waals surface area (Å²) in [5.41, 5.74) is -0.793. The zero-order valence-electron chi connectivity index (χ0n) is 8.90. The predicted molar refractivity (Wildman–Crippen MR) is 62.6 cm³/mol. The van der Waals surface area contributed by atoms with Crippen molar-refractivity contribution in [3.63, 3.8) is 0 Å². The first-order chi connectivity index (χ1) is 7.56. The molecule has 1 aliphatic rings. The molecule has 5 nitrogen and oxygen atoms in total. The molecule has 1 fully saturated rings. The Balaban J connectivity index is 2.19. The lowest BCUT2D eigenvalue weighted by Crippen LogP contribution is -2.33. The highest BCUT2D eigenvalue weighted by atomic mass is 79.9. The van der Waals surface area contributed by atoms with E-state index in [1.54, 1.807) is 0 Å². The van der Waals surface area contributed by atoms with Crippen LogP contribution in [-0.4, -0.2) is 21.8 Å². The molecule has 1 N–H and O–H groups in total. The molecule has 2 unspecified atom stereocenters. The van der Waals surface area contributed by atoms with Gasteiger partial charge in [0, 0.05) is 6.20 Å². The van der Waals surface area contributed by atoms with Gasteiger partial charge in [0.25, 0.3) is 5.56 Å². The average molecular weight is 289 g/mol. The van der Waals surface area contributed by atoms with Crippen LogP contribution in [0.15, 0.2) is 20.3 Å². The monoisotopic (exact) mass is 288 g/mol. The van der Waals surface area contributed by atoms with E-state index in [0.717, 1.165) is 12.8 Å². The topological polar surface area (TPSA) is 64.1 Å². The second-order valence-corrected chi connectivity index (χ2v) is 4.89. The third-order valence-electron chi connectivity index (χ3n) is 2.69. The molecule has 0 aliphatic carbocycles. The summed E-state index contributed by atoms with van der Waals surface area (Å²) in [5, 5.41) is 0. The second-order valence-electron chi connectivity index (χ2n) is 4.03. The lowest BCUT2D eigenvalue weighted by Gasteiger charge is -2.12. The Bertz CT molecular complexity index is 494. The van der Waals surface area contributed by atoms with Gasteiger partial charge in [0.05, 0.1) is 23.2 Å². The number of aromatic nitrogens is 2. The number of hydrogen-bond acceptors (Lipinski definition) is 3. The van der Waals surface area contributed by atoms with Gasteiger partial charge in [-0.25, -0.2) is 4.79 Å². The number of nitrogens with one attached hydrogen (secondary N) is 1. The Morgan fingerprint density at radius 1 is 1.56 bits per heavy atom. The minimum atomic E-state index is -0.401. The number of aromatic amines is 1. The fourth-order valence-corrected chi connectivity index (χ4v) is 2.20. The third-order valence-corrected chi connectivity index (χ3v) is 3.25. The highest BCUT2D eigenvalue weighted by Gasteiger charge is 2.22. The number of rotatable bonds is 2. The van der Waals surface area contributed by atoms with Gasteiger partial charge in [-0.2, -0.15) is 0 Å². The maximum atomic E-state index is 11.5. The Morgan fingerprint density at radius 3 is 2.94 bits per heavy atom. The maximum absolute atomic E-state index is 11.5. The number of H-pyrrole nitrogens is 1. The van der Waals surface area contributed by atoms with Crippen LogP contribution in [0.25, 0.3) is 0 Å². The minimum Gasteiger partial charge on any atom is -0.373 e. The molecule has 1 aromatic heterocycles. The van der Waals surface area contributed by atoms with Crippen molar-refractivity contribution in [2.45, 2.75) is 38.5 Å². The van der Waals surface area contributed by atoms with E-state index >= 15 is 0 Å². The molecule has 0 amide bonds. The second kappa shape index (κ2) is 4.55. The van der Waals surface area contributed by atoms with E-state index < -0.39 is 11.2 Å². The largest absolute Gasteiger partial charge is 0.373 e. The van der Waals surface area contributed by atoms with Crippen LogP contribution < -0.4 is 11.2 Å². The molecule has 0 spiro atoms. The van der Waals surface area contributed by atoms with Crippen molar-refractivity contribution in [3.8, 4) is 0 Å². The van der Waals surface area contributed by atoms with Crippen molar-refractivity contribution in [2.24, 2.45) is 0 Å². The molecule has 0 bridgehead atoms. The Labute approximate surface area is 101 Å². The number of nitrogens with zero attached hydrogens (tertiary/aromatic N) is 1. The van der Waals surface area contributed by atoms with E-state index in [2.05, 4.69) is 20.9 Å². The first-order valence-electron chi connectivity index (χ1n) is 5.21. The molecule has 0 saturated carbocycles. The van der Waals surface area contributed by atoms with E-state index in [0.29, 0.717) is 11.0 Å². The van der Waals surface area contributed by atoms with Crippen molar-refractivity contribution < 1.29 is 4.74 Å². The van der Waals surface area contributed by atoms with Crippen LogP contribution >= 0.6 is 15.9 Å². The molecule has 1 aliphatic heterocycles. The van der Waals surface area contributed by atoms with Gasteiger partial charge in [-0.1, -0.05) is 0 Å². The molecule has 16 heavy (non-hydrogen) atoms. The molecular weight excluding hydrogens is 276 g/mol. The van der Waals surface area contributed by atoms with Gasteiger partial charge in [0.2, 0.25) is 0 Å². The average Bonchev–Trinajstić information content (AvgIpc) is 2.60. The summed E-state index contributed by atoms with van der Waals surface area (Å²) in [4.78, 5) is 24.9. The summed E-state index contributed by atoms with van der Waals surface area (Å²) in [7, 11) is 0.